The quantitative estimate of drug-likeness (QED) is 0.848. The molecule has 1 unspecified atom stereocenters. The van der Waals surface area contributed by atoms with Gasteiger partial charge in [0.1, 0.15) is 5.75 Å². The van der Waals surface area contributed by atoms with Crippen LogP contribution in [0.15, 0.2) is 46.9 Å². The van der Waals surface area contributed by atoms with Gasteiger partial charge in [-0.1, -0.05) is 28.1 Å². The number of anilines is 2. The molecule has 3 rings (SSSR count). The van der Waals surface area contributed by atoms with Crippen molar-refractivity contribution in [2.75, 3.05) is 10.6 Å². The molecule has 0 aliphatic carbocycles. The summed E-state index contributed by atoms with van der Waals surface area (Å²) in [4.78, 5) is 14.1. The average Bonchev–Trinajstić information content (AvgIpc) is 2.46. The SMILES string of the molecule is CC1Oc2cc(N)ccc2N(Cc2ccc(Br)cc2)C1=O. The zero-order valence-electron chi connectivity index (χ0n) is 11.5. The molecule has 0 saturated heterocycles. The third-order valence-electron chi connectivity index (χ3n) is 3.45. The van der Waals surface area contributed by atoms with Crippen molar-refractivity contribution in [1.82, 2.24) is 0 Å². The van der Waals surface area contributed by atoms with E-state index >= 15 is 0 Å². The van der Waals surface area contributed by atoms with Crippen molar-refractivity contribution >= 4 is 33.2 Å². The van der Waals surface area contributed by atoms with Crippen LogP contribution >= 0.6 is 15.9 Å². The van der Waals surface area contributed by atoms with Gasteiger partial charge in [-0.2, -0.15) is 0 Å². The van der Waals surface area contributed by atoms with Gasteiger partial charge in [0.2, 0.25) is 0 Å². The van der Waals surface area contributed by atoms with E-state index < -0.39 is 6.10 Å². The predicted octanol–water partition coefficient (Wildman–Crippen LogP) is 3.35. The Bertz CT molecular complexity index is 685. The maximum absolute atomic E-state index is 12.4. The highest BCUT2D eigenvalue weighted by Crippen LogP contribution is 2.36. The van der Waals surface area contributed by atoms with E-state index in [0.29, 0.717) is 18.0 Å². The molecule has 0 saturated carbocycles. The fourth-order valence-corrected chi connectivity index (χ4v) is 2.63. The number of hydrogen-bond acceptors (Lipinski definition) is 3. The van der Waals surface area contributed by atoms with Crippen LogP contribution in [-0.4, -0.2) is 12.0 Å². The summed E-state index contributed by atoms with van der Waals surface area (Å²) in [6.45, 7) is 2.26. The minimum atomic E-state index is -0.505. The van der Waals surface area contributed by atoms with E-state index in [1.165, 1.54) is 0 Å². The summed E-state index contributed by atoms with van der Waals surface area (Å²) < 4.78 is 6.65. The van der Waals surface area contributed by atoms with Gasteiger partial charge in [0, 0.05) is 16.2 Å². The molecule has 1 amide bonds. The average molecular weight is 347 g/mol. The van der Waals surface area contributed by atoms with Crippen LogP contribution in [-0.2, 0) is 11.3 Å². The minimum absolute atomic E-state index is 0.0461. The Balaban J connectivity index is 1.96. The van der Waals surface area contributed by atoms with Gasteiger partial charge in [0.05, 0.1) is 12.2 Å². The molecule has 21 heavy (non-hydrogen) atoms. The van der Waals surface area contributed by atoms with Crippen molar-refractivity contribution in [2.24, 2.45) is 0 Å². The van der Waals surface area contributed by atoms with Gasteiger partial charge < -0.3 is 15.4 Å². The molecule has 2 aromatic rings. The first-order valence-electron chi connectivity index (χ1n) is 6.66. The highest BCUT2D eigenvalue weighted by Gasteiger charge is 2.31. The van der Waals surface area contributed by atoms with E-state index in [1.54, 1.807) is 24.0 Å². The number of nitrogens with zero attached hydrogens (tertiary/aromatic N) is 1. The van der Waals surface area contributed by atoms with Gasteiger partial charge in [0.25, 0.3) is 5.91 Å². The molecule has 108 valence electrons. The second-order valence-electron chi connectivity index (χ2n) is 5.04. The number of ether oxygens (including phenoxy) is 1. The van der Waals surface area contributed by atoms with Crippen LogP contribution in [0.4, 0.5) is 11.4 Å². The molecular formula is C16H15BrN2O2. The lowest BCUT2D eigenvalue weighted by atomic mass is 10.1. The van der Waals surface area contributed by atoms with Gasteiger partial charge in [-0.25, -0.2) is 0 Å². The number of carbonyl (C=O) groups excluding carboxylic acids is 1. The second-order valence-corrected chi connectivity index (χ2v) is 5.95. The molecule has 1 heterocycles. The van der Waals surface area contributed by atoms with Crippen LogP contribution in [0.2, 0.25) is 0 Å². The minimum Gasteiger partial charge on any atom is -0.479 e. The molecule has 2 aromatic carbocycles. The first-order chi connectivity index (χ1) is 10.0. The Kier molecular flexibility index (Phi) is 3.59. The molecule has 0 bridgehead atoms. The maximum atomic E-state index is 12.4. The van der Waals surface area contributed by atoms with Crippen molar-refractivity contribution in [3.8, 4) is 5.75 Å². The third kappa shape index (κ3) is 2.74. The molecule has 0 spiro atoms. The van der Waals surface area contributed by atoms with Crippen LogP contribution in [0, 0.1) is 0 Å². The van der Waals surface area contributed by atoms with Gasteiger partial charge in [-0.05, 0) is 36.8 Å². The summed E-state index contributed by atoms with van der Waals surface area (Å²) in [5.74, 6) is 0.606. The van der Waals surface area contributed by atoms with Crippen molar-refractivity contribution in [3.63, 3.8) is 0 Å². The van der Waals surface area contributed by atoms with E-state index in [4.69, 9.17) is 10.5 Å². The van der Waals surface area contributed by atoms with Gasteiger partial charge in [-0.15, -0.1) is 0 Å². The van der Waals surface area contributed by atoms with E-state index in [2.05, 4.69) is 15.9 Å². The summed E-state index contributed by atoms with van der Waals surface area (Å²) in [6, 6.07) is 13.3. The highest BCUT2D eigenvalue weighted by molar-refractivity contribution is 9.10. The molecule has 5 heteroatoms. The van der Waals surface area contributed by atoms with Gasteiger partial charge in [0.15, 0.2) is 6.10 Å². The number of carbonyl (C=O) groups is 1. The molecule has 1 aliphatic rings. The molecule has 1 atom stereocenters. The largest absolute Gasteiger partial charge is 0.479 e. The molecule has 0 fully saturated rings. The topological polar surface area (TPSA) is 55.6 Å². The number of fused-ring (bicyclic) bond motifs is 1. The second kappa shape index (κ2) is 5.41. The van der Waals surface area contributed by atoms with Crippen LogP contribution in [0.5, 0.6) is 5.75 Å². The lowest BCUT2D eigenvalue weighted by molar-refractivity contribution is -0.125. The monoisotopic (exact) mass is 346 g/mol. The Morgan fingerprint density at radius 3 is 2.67 bits per heavy atom. The summed E-state index contributed by atoms with van der Waals surface area (Å²) in [7, 11) is 0. The Hall–Kier alpha value is -2.01. The zero-order chi connectivity index (χ0) is 15.0. The lowest BCUT2D eigenvalue weighted by Crippen LogP contribution is -2.44. The molecule has 0 radical (unpaired) electrons. The lowest BCUT2D eigenvalue weighted by Gasteiger charge is -2.33. The number of nitrogens with two attached hydrogens (primary N) is 1. The number of rotatable bonds is 2. The highest BCUT2D eigenvalue weighted by atomic mass is 79.9. The van der Waals surface area contributed by atoms with E-state index in [0.717, 1.165) is 15.7 Å². The Labute approximate surface area is 131 Å². The standard InChI is InChI=1S/C16H15BrN2O2/c1-10-16(20)19(9-11-2-4-12(17)5-3-11)14-7-6-13(18)8-15(14)21-10/h2-8,10H,9,18H2,1H3. The van der Waals surface area contributed by atoms with E-state index in [9.17, 15) is 4.79 Å². The van der Waals surface area contributed by atoms with Crippen molar-refractivity contribution < 1.29 is 9.53 Å². The molecular weight excluding hydrogens is 332 g/mol. The summed E-state index contributed by atoms with van der Waals surface area (Å²) >= 11 is 3.41. The van der Waals surface area contributed by atoms with Crippen molar-refractivity contribution in [3.05, 3.63) is 52.5 Å². The summed E-state index contributed by atoms with van der Waals surface area (Å²) in [5, 5.41) is 0. The first-order valence-corrected chi connectivity index (χ1v) is 7.46. The van der Waals surface area contributed by atoms with Crippen LogP contribution < -0.4 is 15.4 Å². The van der Waals surface area contributed by atoms with Crippen LogP contribution in [0.1, 0.15) is 12.5 Å². The van der Waals surface area contributed by atoms with E-state index in [-0.39, 0.29) is 5.91 Å². The fraction of sp³-hybridized carbons (Fsp3) is 0.188. The Morgan fingerprint density at radius 2 is 1.95 bits per heavy atom. The van der Waals surface area contributed by atoms with E-state index in [1.807, 2.05) is 30.3 Å². The normalized spacial score (nSPS) is 17.3. The molecule has 2 N–H and O–H groups in total. The number of amides is 1. The van der Waals surface area contributed by atoms with Crippen LogP contribution in [0.25, 0.3) is 0 Å². The predicted molar refractivity (Wildman–Crippen MR) is 86.3 cm³/mol. The van der Waals surface area contributed by atoms with Crippen molar-refractivity contribution in [2.45, 2.75) is 19.6 Å². The fourth-order valence-electron chi connectivity index (χ4n) is 2.36. The Morgan fingerprint density at radius 1 is 1.24 bits per heavy atom. The zero-order valence-corrected chi connectivity index (χ0v) is 13.1. The maximum Gasteiger partial charge on any atom is 0.268 e. The van der Waals surface area contributed by atoms with Gasteiger partial charge in [-0.3, -0.25) is 4.79 Å². The summed E-state index contributed by atoms with van der Waals surface area (Å²) in [6.07, 6.45) is -0.505. The van der Waals surface area contributed by atoms with Crippen molar-refractivity contribution in [1.29, 1.82) is 0 Å². The smallest absolute Gasteiger partial charge is 0.268 e. The molecule has 0 aromatic heterocycles. The number of halogens is 1. The molecule has 4 nitrogen and oxygen atoms in total. The number of nitrogen functional groups attached to an aromatic ring is 1. The first kappa shape index (κ1) is 13.9. The molecule has 1 aliphatic heterocycles. The third-order valence-corrected chi connectivity index (χ3v) is 3.97. The summed E-state index contributed by atoms with van der Waals surface area (Å²) in [5.41, 5.74) is 8.23. The number of benzene rings is 2. The van der Waals surface area contributed by atoms with Gasteiger partial charge >= 0.3 is 0 Å². The van der Waals surface area contributed by atoms with Crippen LogP contribution in [0.3, 0.4) is 0 Å². The number of hydrogen-bond donors (Lipinski definition) is 1.